The van der Waals surface area contributed by atoms with Gasteiger partial charge in [0.25, 0.3) is 5.91 Å². The molecule has 21 heavy (non-hydrogen) atoms. The number of nitrogens with one attached hydrogen (secondary N) is 2. The van der Waals surface area contributed by atoms with Gasteiger partial charge >= 0.3 is 0 Å². The van der Waals surface area contributed by atoms with Crippen molar-refractivity contribution in [2.75, 3.05) is 17.7 Å². The van der Waals surface area contributed by atoms with Crippen molar-refractivity contribution in [2.24, 2.45) is 0 Å². The fraction of sp³-hybridized carbons (Fsp3) is 0.267. The molecule has 1 aromatic carbocycles. The van der Waals surface area contributed by atoms with Gasteiger partial charge in [0.15, 0.2) is 0 Å². The Bertz CT molecular complexity index is 629. The Hall–Kier alpha value is -2.63. The summed E-state index contributed by atoms with van der Waals surface area (Å²) in [6.45, 7) is 4.00. The molecule has 0 unspecified atom stereocenters. The number of anilines is 2. The van der Waals surface area contributed by atoms with E-state index in [2.05, 4.69) is 20.6 Å². The van der Waals surface area contributed by atoms with Crippen LogP contribution in [0.4, 0.5) is 11.5 Å². The van der Waals surface area contributed by atoms with E-state index in [0.717, 1.165) is 0 Å². The number of amides is 1. The minimum absolute atomic E-state index is 0.231. The number of aromatic nitrogens is 2. The van der Waals surface area contributed by atoms with Crippen LogP contribution < -0.4 is 15.4 Å². The monoisotopic (exact) mass is 286 g/mol. The molecule has 0 bridgehead atoms. The van der Waals surface area contributed by atoms with Crippen LogP contribution in [0.2, 0.25) is 0 Å². The first-order valence-corrected chi connectivity index (χ1v) is 6.62. The van der Waals surface area contributed by atoms with Gasteiger partial charge in [-0.15, -0.1) is 0 Å². The molecule has 0 aliphatic carbocycles. The van der Waals surface area contributed by atoms with Crippen molar-refractivity contribution >= 4 is 17.4 Å². The van der Waals surface area contributed by atoms with E-state index in [1.807, 2.05) is 19.9 Å². The van der Waals surface area contributed by atoms with Crippen LogP contribution in [-0.4, -0.2) is 29.0 Å². The molecular weight excluding hydrogens is 268 g/mol. The molecule has 0 aliphatic heterocycles. The van der Waals surface area contributed by atoms with Crippen LogP contribution in [-0.2, 0) is 0 Å². The van der Waals surface area contributed by atoms with E-state index in [1.165, 1.54) is 6.33 Å². The van der Waals surface area contributed by atoms with E-state index >= 15 is 0 Å². The third-order valence-corrected chi connectivity index (χ3v) is 2.66. The van der Waals surface area contributed by atoms with Gasteiger partial charge in [-0.25, -0.2) is 9.97 Å². The lowest BCUT2D eigenvalue weighted by molar-refractivity contribution is 0.102. The topological polar surface area (TPSA) is 76.1 Å². The predicted molar refractivity (Wildman–Crippen MR) is 81.7 cm³/mol. The van der Waals surface area contributed by atoms with E-state index in [0.29, 0.717) is 22.9 Å². The largest absolute Gasteiger partial charge is 0.497 e. The lowest BCUT2D eigenvalue weighted by Crippen LogP contribution is -2.16. The predicted octanol–water partition coefficient (Wildman–Crippen LogP) is 2.56. The summed E-state index contributed by atoms with van der Waals surface area (Å²) in [7, 11) is 1.58. The molecule has 110 valence electrons. The van der Waals surface area contributed by atoms with Gasteiger partial charge in [-0.05, 0) is 26.0 Å². The minimum atomic E-state index is -0.294. The summed E-state index contributed by atoms with van der Waals surface area (Å²) in [6.07, 6.45) is 1.37. The minimum Gasteiger partial charge on any atom is -0.497 e. The Morgan fingerprint density at radius 1 is 1.24 bits per heavy atom. The van der Waals surface area contributed by atoms with Crippen LogP contribution >= 0.6 is 0 Å². The number of carbonyl (C=O) groups excluding carboxylic acids is 1. The van der Waals surface area contributed by atoms with E-state index in [-0.39, 0.29) is 11.9 Å². The second-order valence-electron chi connectivity index (χ2n) is 4.77. The molecule has 0 spiro atoms. The van der Waals surface area contributed by atoms with Crippen molar-refractivity contribution in [3.05, 3.63) is 42.4 Å². The smallest absolute Gasteiger partial charge is 0.274 e. The number of nitrogens with zero attached hydrogens (tertiary/aromatic N) is 2. The first kappa shape index (κ1) is 14.8. The summed E-state index contributed by atoms with van der Waals surface area (Å²) in [4.78, 5) is 20.2. The average molecular weight is 286 g/mol. The van der Waals surface area contributed by atoms with Gasteiger partial charge in [0.2, 0.25) is 0 Å². The Morgan fingerprint density at radius 2 is 2.05 bits per heavy atom. The highest BCUT2D eigenvalue weighted by Gasteiger charge is 2.10. The molecular formula is C15H18N4O2. The number of carbonyl (C=O) groups is 1. The second kappa shape index (κ2) is 6.69. The highest BCUT2D eigenvalue weighted by molar-refractivity contribution is 6.03. The molecule has 2 N–H and O–H groups in total. The molecule has 2 rings (SSSR count). The molecule has 0 fully saturated rings. The molecule has 1 aromatic heterocycles. The molecule has 0 saturated heterocycles. The maximum Gasteiger partial charge on any atom is 0.274 e. The maximum atomic E-state index is 12.2. The number of hydrogen-bond acceptors (Lipinski definition) is 5. The lowest BCUT2D eigenvalue weighted by Gasteiger charge is -2.10. The van der Waals surface area contributed by atoms with Crippen molar-refractivity contribution < 1.29 is 9.53 Å². The molecule has 2 aromatic rings. The summed E-state index contributed by atoms with van der Waals surface area (Å²) in [5.41, 5.74) is 0.951. The lowest BCUT2D eigenvalue weighted by atomic mass is 10.3. The van der Waals surface area contributed by atoms with Gasteiger partial charge in [-0.2, -0.15) is 0 Å². The summed E-state index contributed by atoms with van der Waals surface area (Å²) in [5, 5.41) is 5.91. The van der Waals surface area contributed by atoms with Crippen molar-refractivity contribution in [1.82, 2.24) is 9.97 Å². The van der Waals surface area contributed by atoms with Gasteiger partial charge in [0, 0.05) is 23.9 Å². The molecule has 6 heteroatoms. The number of ether oxygens (including phenoxy) is 1. The zero-order valence-electron chi connectivity index (χ0n) is 12.3. The first-order valence-electron chi connectivity index (χ1n) is 6.62. The van der Waals surface area contributed by atoms with Gasteiger partial charge in [-0.3, -0.25) is 4.79 Å². The Morgan fingerprint density at radius 3 is 2.76 bits per heavy atom. The standard InChI is InChI=1S/C15H18N4O2/c1-10(2)18-14-8-13(16-9-17-14)15(20)19-11-5-4-6-12(7-11)21-3/h4-10H,1-3H3,(H,19,20)(H,16,17,18). The highest BCUT2D eigenvalue weighted by atomic mass is 16.5. The number of methoxy groups -OCH3 is 1. The summed E-state index contributed by atoms with van der Waals surface area (Å²) < 4.78 is 5.12. The third-order valence-electron chi connectivity index (χ3n) is 2.66. The first-order chi connectivity index (χ1) is 10.1. The molecule has 0 aliphatic rings. The molecule has 1 heterocycles. The second-order valence-corrected chi connectivity index (χ2v) is 4.77. The van der Waals surface area contributed by atoms with Gasteiger partial charge in [-0.1, -0.05) is 6.07 Å². The van der Waals surface area contributed by atoms with E-state index < -0.39 is 0 Å². The van der Waals surface area contributed by atoms with E-state index in [1.54, 1.807) is 31.4 Å². The van der Waals surface area contributed by atoms with Crippen molar-refractivity contribution in [1.29, 1.82) is 0 Å². The van der Waals surface area contributed by atoms with Crippen molar-refractivity contribution in [3.63, 3.8) is 0 Å². The summed E-state index contributed by atoms with van der Waals surface area (Å²) in [6, 6.07) is 9.00. The van der Waals surface area contributed by atoms with Crippen LogP contribution in [0, 0.1) is 0 Å². The van der Waals surface area contributed by atoms with Gasteiger partial charge < -0.3 is 15.4 Å². The number of rotatable bonds is 5. The quantitative estimate of drug-likeness (QED) is 0.883. The molecule has 0 saturated carbocycles. The normalized spacial score (nSPS) is 10.3. The fourth-order valence-electron chi connectivity index (χ4n) is 1.75. The third kappa shape index (κ3) is 4.17. The number of hydrogen-bond donors (Lipinski definition) is 2. The van der Waals surface area contributed by atoms with Crippen LogP contribution in [0.15, 0.2) is 36.7 Å². The summed E-state index contributed by atoms with van der Waals surface area (Å²) >= 11 is 0. The molecule has 1 amide bonds. The molecule has 0 radical (unpaired) electrons. The van der Waals surface area contributed by atoms with Crippen LogP contribution in [0.25, 0.3) is 0 Å². The van der Waals surface area contributed by atoms with Crippen molar-refractivity contribution in [2.45, 2.75) is 19.9 Å². The molecule has 6 nitrogen and oxygen atoms in total. The Kier molecular flexibility index (Phi) is 4.71. The van der Waals surface area contributed by atoms with E-state index in [9.17, 15) is 4.79 Å². The maximum absolute atomic E-state index is 12.2. The van der Waals surface area contributed by atoms with E-state index in [4.69, 9.17) is 4.74 Å². The summed E-state index contributed by atoms with van der Waals surface area (Å²) in [5.74, 6) is 1.01. The van der Waals surface area contributed by atoms with Gasteiger partial charge in [0.1, 0.15) is 23.6 Å². The fourth-order valence-corrected chi connectivity index (χ4v) is 1.75. The van der Waals surface area contributed by atoms with Gasteiger partial charge in [0.05, 0.1) is 7.11 Å². The molecule has 0 atom stereocenters. The Balaban J connectivity index is 2.12. The van der Waals surface area contributed by atoms with Crippen LogP contribution in [0.5, 0.6) is 5.75 Å². The zero-order chi connectivity index (χ0) is 15.2. The van der Waals surface area contributed by atoms with Crippen molar-refractivity contribution in [3.8, 4) is 5.75 Å². The van der Waals surface area contributed by atoms with Crippen LogP contribution in [0.1, 0.15) is 24.3 Å². The average Bonchev–Trinajstić information content (AvgIpc) is 2.47. The SMILES string of the molecule is COc1cccc(NC(=O)c2cc(NC(C)C)ncn2)c1. The zero-order valence-corrected chi connectivity index (χ0v) is 12.3. The highest BCUT2D eigenvalue weighted by Crippen LogP contribution is 2.17. The van der Waals surface area contributed by atoms with Crippen LogP contribution in [0.3, 0.4) is 0 Å². The Labute approximate surface area is 123 Å². The number of benzene rings is 1.